The van der Waals surface area contributed by atoms with Crippen LogP contribution in [0.2, 0.25) is 0 Å². The van der Waals surface area contributed by atoms with Crippen LogP contribution in [0.1, 0.15) is 25.3 Å². The topological polar surface area (TPSA) is 64.0 Å². The number of hydrogen-bond donors (Lipinski definition) is 1. The van der Waals surface area contributed by atoms with E-state index in [0.717, 1.165) is 24.6 Å². The van der Waals surface area contributed by atoms with Crippen LogP contribution in [0.15, 0.2) is 52.4 Å². The number of nitrogens with zero attached hydrogens (tertiary/aromatic N) is 2. The molecule has 5 nitrogen and oxygen atoms in total. The number of fused-ring (bicyclic) bond motifs is 1. The van der Waals surface area contributed by atoms with E-state index in [1.807, 2.05) is 0 Å². The average molecular weight is 399 g/mol. The molecule has 0 bridgehead atoms. The van der Waals surface area contributed by atoms with Gasteiger partial charge in [0.25, 0.3) is 5.56 Å². The molecule has 146 valence electrons. The number of carbonyl (C=O) groups is 1. The van der Waals surface area contributed by atoms with Gasteiger partial charge in [0.05, 0.1) is 22.3 Å². The number of nitrogens with one attached hydrogen (secondary N) is 1. The lowest BCUT2D eigenvalue weighted by molar-refractivity contribution is -0.118. The number of hydrogen-bond acceptors (Lipinski definition) is 4. The molecule has 1 amide bonds. The number of aryl methyl sites for hydroxylation is 1. The van der Waals surface area contributed by atoms with E-state index >= 15 is 0 Å². The zero-order valence-corrected chi connectivity index (χ0v) is 16.7. The van der Waals surface area contributed by atoms with Crippen LogP contribution >= 0.6 is 11.8 Å². The predicted molar refractivity (Wildman–Crippen MR) is 111 cm³/mol. The number of thioether (sulfide) groups is 1. The van der Waals surface area contributed by atoms with Crippen molar-refractivity contribution in [3.8, 4) is 5.69 Å². The van der Waals surface area contributed by atoms with Gasteiger partial charge in [-0.2, -0.15) is 0 Å². The number of aromatic nitrogens is 2. The van der Waals surface area contributed by atoms with E-state index in [0.29, 0.717) is 33.9 Å². The van der Waals surface area contributed by atoms with Crippen LogP contribution in [0, 0.1) is 12.7 Å². The lowest BCUT2D eigenvalue weighted by atomic mass is 10.2. The van der Waals surface area contributed by atoms with Crippen molar-refractivity contribution in [1.29, 1.82) is 0 Å². The first-order chi connectivity index (χ1) is 13.5. The van der Waals surface area contributed by atoms with E-state index in [1.165, 1.54) is 10.6 Å². The highest BCUT2D eigenvalue weighted by Gasteiger charge is 2.15. The van der Waals surface area contributed by atoms with E-state index in [4.69, 9.17) is 0 Å². The van der Waals surface area contributed by atoms with E-state index in [9.17, 15) is 14.0 Å². The van der Waals surface area contributed by atoms with Crippen LogP contribution in [0.4, 0.5) is 4.39 Å². The maximum atomic E-state index is 14.1. The Morgan fingerprint density at radius 2 is 2.04 bits per heavy atom. The largest absolute Gasteiger partial charge is 0.355 e. The van der Waals surface area contributed by atoms with E-state index in [-0.39, 0.29) is 17.2 Å². The molecular weight excluding hydrogens is 377 g/mol. The molecule has 1 aromatic heterocycles. The van der Waals surface area contributed by atoms with Gasteiger partial charge in [-0.25, -0.2) is 9.37 Å². The first-order valence-corrected chi connectivity index (χ1v) is 10.2. The first-order valence-electron chi connectivity index (χ1n) is 9.19. The second-order valence-electron chi connectivity index (χ2n) is 6.48. The standard InChI is InChI=1S/C21H22FN3O2S/c1-3-4-11-23-19(26)13-28-21-24-18-8-6-5-7-16(18)20(27)25(21)15-10-9-14(2)17(22)12-15/h5-10,12H,3-4,11,13H2,1-2H3,(H,23,26). The quantitative estimate of drug-likeness (QED) is 0.372. The Morgan fingerprint density at radius 1 is 1.25 bits per heavy atom. The maximum absolute atomic E-state index is 14.1. The highest BCUT2D eigenvalue weighted by atomic mass is 32.2. The smallest absolute Gasteiger partial charge is 0.266 e. The number of carbonyl (C=O) groups excluding carboxylic acids is 1. The molecular formula is C21H22FN3O2S. The number of unbranched alkanes of at least 4 members (excludes halogenated alkanes) is 1. The Labute approximate surface area is 167 Å². The van der Waals surface area contributed by atoms with Crippen LogP contribution in [0.25, 0.3) is 16.6 Å². The molecule has 0 atom stereocenters. The molecule has 3 aromatic rings. The Hall–Kier alpha value is -2.67. The third-order valence-corrected chi connectivity index (χ3v) is 5.28. The molecule has 0 saturated carbocycles. The summed E-state index contributed by atoms with van der Waals surface area (Å²) in [5, 5.41) is 3.65. The van der Waals surface area contributed by atoms with Crippen molar-refractivity contribution in [2.45, 2.75) is 31.8 Å². The van der Waals surface area contributed by atoms with Crippen LogP contribution in [-0.2, 0) is 4.79 Å². The molecule has 7 heteroatoms. The summed E-state index contributed by atoms with van der Waals surface area (Å²) in [6, 6.07) is 11.6. The Bertz CT molecular complexity index is 1070. The number of rotatable bonds is 7. The van der Waals surface area contributed by atoms with Crippen LogP contribution in [-0.4, -0.2) is 27.8 Å². The van der Waals surface area contributed by atoms with Crippen molar-refractivity contribution in [3.63, 3.8) is 0 Å². The third-order valence-electron chi connectivity index (χ3n) is 4.34. The van der Waals surface area contributed by atoms with Crippen molar-refractivity contribution >= 4 is 28.6 Å². The fourth-order valence-electron chi connectivity index (χ4n) is 2.74. The average Bonchev–Trinajstić information content (AvgIpc) is 2.69. The van der Waals surface area contributed by atoms with Gasteiger partial charge in [-0.15, -0.1) is 0 Å². The molecule has 0 spiro atoms. The number of halogens is 1. The molecule has 0 saturated heterocycles. The van der Waals surface area contributed by atoms with E-state index in [1.54, 1.807) is 43.3 Å². The number of benzene rings is 2. The predicted octanol–water partition coefficient (Wildman–Crippen LogP) is 3.84. The van der Waals surface area contributed by atoms with Gasteiger partial charge in [0, 0.05) is 6.54 Å². The summed E-state index contributed by atoms with van der Waals surface area (Å²) in [6.07, 6.45) is 1.91. The van der Waals surface area contributed by atoms with Crippen molar-refractivity contribution in [3.05, 3.63) is 64.2 Å². The minimum atomic E-state index is -0.397. The Kier molecular flexibility index (Phi) is 6.46. The second-order valence-corrected chi connectivity index (χ2v) is 7.42. The van der Waals surface area contributed by atoms with Gasteiger partial charge in [-0.05, 0) is 43.2 Å². The molecule has 2 aromatic carbocycles. The summed E-state index contributed by atoms with van der Waals surface area (Å²) in [7, 11) is 0. The molecule has 28 heavy (non-hydrogen) atoms. The minimum Gasteiger partial charge on any atom is -0.355 e. The van der Waals surface area contributed by atoms with Crippen LogP contribution < -0.4 is 10.9 Å². The van der Waals surface area contributed by atoms with Gasteiger partial charge in [0.2, 0.25) is 5.91 Å². The molecule has 0 aliphatic heterocycles. The van der Waals surface area contributed by atoms with Crippen LogP contribution in [0.5, 0.6) is 0 Å². The monoisotopic (exact) mass is 399 g/mol. The number of amides is 1. The second kappa shape index (κ2) is 9.01. The Morgan fingerprint density at radius 3 is 2.79 bits per heavy atom. The van der Waals surface area contributed by atoms with Crippen molar-refractivity contribution in [1.82, 2.24) is 14.9 Å². The first kappa shape index (κ1) is 20.1. The maximum Gasteiger partial charge on any atom is 0.266 e. The lowest BCUT2D eigenvalue weighted by Crippen LogP contribution is -2.27. The fraction of sp³-hybridized carbons (Fsp3) is 0.286. The molecule has 1 N–H and O–H groups in total. The molecule has 1 heterocycles. The fourth-order valence-corrected chi connectivity index (χ4v) is 3.59. The lowest BCUT2D eigenvalue weighted by Gasteiger charge is -2.14. The summed E-state index contributed by atoms with van der Waals surface area (Å²) in [4.78, 5) is 29.7. The van der Waals surface area contributed by atoms with Crippen molar-refractivity contribution < 1.29 is 9.18 Å². The highest BCUT2D eigenvalue weighted by molar-refractivity contribution is 7.99. The summed E-state index contributed by atoms with van der Waals surface area (Å²) in [5.41, 5.74) is 1.14. The van der Waals surface area contributed by atoms with Crippen molar-refractivity contribution in [2.24, 2.45) is 0 Å². The molecule has 0 radical (unpaired) electrons. The molecule has 3 rings (SSSR count). The molecule has 0 aliphatic rings. The van der Waals surface area contributed by atoms with Gasteiger partial charge in [0.15, 0.2) is 5.16 Å². The SMILES string of the molecule is CCCCNC(=O)CSc1nc2ccccc2c(=O)n1-c1ccc(C)c(F)c1. The summed E-state index contributed by atoms with van der Waals surface area (Å²) < 4.78 is 15.5. The van der Waals surface area contributed by atoms with Crippen molar-refractivity contribution in [2.75, 3.05) is 12.3 Å². The molecule has 0 fully saturated rings. The van der Waals surface area contributed by atoms with E-state index in [2.05, 4.69) is 17.2 Å². The number of para-hydroxylation sites is 1. The zero-order valence-electron chi connectivity index (χ0n) is 15.9. The molecule has 0 aliphatic carbocycles. The highest BCUT2D eigenvalue weighted by Crippen LogP contribution is 2.22. The van der Waals surface area contributed by atoms with Gasteiger partial charge < -0.3 is 5.32 Å². The summed E-state index contributed by atoms with van der Waals surface area (Å²) >= 11 is 1.16. The minimum absolute atomic E-state index is 0.123. The van der Waals surface area contributed by atoms with E-state index < -0.39 is 5.82 Å². The normalized spacial score (nSPS) is 11.0. The van der Waals surface area contributed by atoms with Crippen LogP contribution in [0.3, 0.4) is 0 Å². The summed E-state index contributed by atoms with van der Waals surface area (Å²) in [6.45, 7) is 4.34. The zero-order chi connectivity index (χ0) is 20.1. The molecule has 0 unspecified atom stereocenters. The Balaban J connectivity index is 2.01. The third kappa shape index (κ3) is 4.42. The van der Waals surface area contributed by atoms with Gasteiger partial charge in [-0.1, -0.05) is 43.3 Å². The van der Waals surface area contributed by atoms with Gasteiger partial charge in [-0.3, -0.25) is 14.2 Å². The van der Waals surface area contributed by atoms with Gasteiger partial charge in [0.1, 0.15) is 5.82 Å². The van der Waals surface area contributed by atoms with Gasteiger partial charge >= 0.3 is 0 Å². The summed E-state index contributed by atoms with van der Waals surface area (Å²) in [5.74, 6) is -0.392.